The zero-order valence-corrected chi connectivity index (χ0v) is 9.86. The SMILES string of the molecule is Cc1ccc(C(C)NC(=S)NC2CC2)o1. The second-order valence-corrected chi connectivity index (χ2v) is 4.47. The lowest BCUT2D eigenvalue weighted by Gasteiger charge is -2.14. The van der Waals surface area contributed by atoms with Gasteiger partial charge >= 0.3 is 0 Å². The van der Waals surface area contributed by atoms with Crippen LogP contribution in [0.1, 0.15) is 37.3 Å². The predicted molar refractivity (Wildman–Crippen MR) is 63.8 cm³/mol. The first-order valence-electron chi connectivity index (χ1n) is 5.28. The third-order valence-electron chi connectivity index (χ3n) is 2.45. The minimum atomic E-state index is 0.123. The van der Waals surface area contributed by atoms with Crippen LogP contribution in [0.15, 0.2) is 16.5 Å². The summed E-state index contributed by atoms with van der Waals surface area (Å²) >= 11 is 5.19. The standard InChI is InChI=1S/C11H16N2OS/c1-7-3-6-10(14-7)8(2)12-11(15)13-9-4-5-9/h3,6,8-9H,4-5H2,1-2H3,(H2,12,13,15). The number of hydrogen-bond acceptors (Lipinski definition) is 2. The van der Waals surface area contributed by atoms with Gasteiger partial charge in [0, 0.05) is 6.04 Å². The summed E-state index contributed by atoms with van der Waals surface area (Å²) < 4.78 is 5.52. The van der Waals surface area contributed by atoms with E-state index in [2.05, 4.69) is 10.6 Å². The van der Waals surface area contributed by atoms with Crippen molar-refractivity contribution in [1.82, 2.24) is 10.6 Å². The predicted octanol–water partition coefficient (Wildman–Crippen LogP) is 2.28. The molecule has 2 N–H and O–H groups in total. The molecule has 0 bridgehead atoms. The van der Waals surface area contributed by atoms with Crippen LogP contribution in [0, 0.1) is 6.92 Å². The summed E-state index contributed by atoms with van der Waals surface area (Å²) in [4.78, 5) is 0. The second kappa shape index (κ2) is 4.23. The fraction of sp³-hybridized carbons (Fsp3) is 0.545. The van der Waals surface area contributed by atoms with E-state index in [0.29, 0.717) is 6.04 Å². The van der Waals surface area contributed by atoms with Crippen molar-refractivity contribution in [3.8, 4) is 0 Å². The van der Waals surface area contributed by atoms with Crippen LogP contribution in [-0.2, 0) is 0 Å². The van der Waals surface area contributed by atoms with Crippen molar-refractivity contribution in [3.05, 3.63) is 23.7 Å². The van der Waals surface area contributed by atoms with Crippen molar-refractivity contribution in [3.63, 3.8) is 0 Å². The number of thiocarbonyl (C=S) groups is 1. The van der Waals surface area contributed by atoms with Gasteiger partial charge in [-0.05, 0) is 51.0 Å². The molecule has 1 heterocycles. The van der Waals surface area contributed by atoms with Crippen LogP contribution >= 0.6 is 12.2 Å². The molecule has 0 radical (unpaired) electrons. The van der Waals surface area contributed by atoms with Gasteiger partial charge in [0.05, 0.1) is 6.04 Å². The summed E-state index contributed by atoms with van der Waals surface area (Å²) in [5.74, 6) is 1.85. The summed E-state index contributed by atoms with van der Waals surface area (Å²) in [7, 11) is 0. The number of aryl methyl sites for hydroxylation is 1. The molecule has 1 saturated carbocycles. The highest BCUT2D eigenvalue weighted by Gasteiger charge is 2.22. The van der Waals surface area contributed by atoms with Crippen molar-refractivity contribution >= 4 is 17.3 Å². The highest BCUT2D eigenvalue weighted by molar-refractivity contribution is 7.80. The summed E-state index contributed by atoms with van der Waals surface area (Å²) in [5, 5.41) is 7.17. The average Bonchev–Trinajstić information content (AvgIpc) is 2.85. The van der Waals surface area contributed by atoms with E-state index >= 15 is 0 Å². The molecule has 1 unspecified atom stereocenters. The maximum atomic E-state index is 5.52. The van der Waals surface area contributed by atoms with Gasteiger partial charge in [0.25, 0.3) is 0 Å². The van der Waals surface area contributed by atoms with E-state index in [1.807, 2.05) is 26.0 Å². The number of furan rings is 1. The van der Waals surface area contributed by atoms with E-state index in [1.54, 1.807) is 0 Å². The van der Waals surface area contributed by atoms with E-state index in [9.17, 15) is 0 Å². The fourth-order valence-electron chi connectivity index (χ4n) is 1.41. The van der Waals surface area contributed by atoms with Crippen molar-refractivity contribution < 1.29 is 4.42 Å². The zero-order chi connectivity index (χ0) is 10.8. The normalized spacial score (nSPS) is 17.2. The van der Waals surface area contributed by atoms with Gasteiger partial charge < -0.3 is 15.1 Å². The lowest BCUT2D eigenvalue weighted by atomic mass is 10.2. The van der Waals surface area contributed by atoms with Gasteiger partial charge in [-0.25, -0.2) is 0 Å². The Hall–Kier alpha value is -1.03. The van der Waals surface area contributed by atoms with Crippen LogP contribution in [-0.4, -0.2) is 11.2 Å². The van der Waals surface area contributed by atoms with Gasteiger partial charge in [0.15, 0.2) is 5.11 Å². The van der Waals surface area contributed by atoms with E-state index in [0.717, 1.165) is 16.6 Å². The Balaban J connectivity index is 1.85. The Labute approximate surface area is 95.2 Å². The number of nitrogens with one attached hydrogen (secondary N) is 2. The zero-order valence-electron chi connectivity index (χ0n) is 9.04. The van der Waals surface area contributed by atoms with Crippen LogP contribution in [0.2, 0.25) is 0 Å². The smallest absolute Gasteiger partial charge is 0.167 e. The first kappa shape index (κ1) is 10.5. The molecule has 1 atom stereocenters. The summed E-state index contributed by atoms with van der Waals surface area (Å²) in [5.41, 5.74) is 0. The average molecular weight is 224 g/mol. The molecule has 1 fully saturated rings. The van der Waals surface area contributed by atoms with Crippen LogP contribution < -0.4 is 10.6 Å². The van der Waals surface area contributed by atoms with Crippen molar-refractivity contribution in [1.29, 1.82) is 0 Å². The Morgan fingerprint density at radius 3 is 2.80 bits per heavy atom. The fourth-order valence-corrected chi connectivity index (χ4v) is 1.75. The summed E-state index contributed by atoms with van der Waals surface area (Å²) in [6.45, 7) is 3.98. The lowest BCUT2D eigenvalue weighted by Crippen LogP contribution is -2.37. The third kappa shape index (κ3) is 2.96. The van der Waals surface area contributed by atoms with Crippen molar-refractivity contribution in [2.45, 2.75) is 38.8 Å². The maximum absolute atomic E-state index is 5.52. The highest BCUT2D eigenvalue weighted by atomic mass is 32.1. The largest absolute Gasteiger partial charge is 0.464 e. The van der Waals surface area contributed by atoms with E-state index in [4.69, 9.17) is 16.6 Å². The lowest BCUT2D eigenvalue weighted by molar-refractivity contribution is 0.442. The van der Waals surface area contributed by atoms with E-state index in [-0.39, 0.29) is 6.04 Å². The minimum absolute atomic E-state index is 0.123. The Kier molecular flexibility index (Phi) is 2.95. The molecular formula is C11H16N2OS. The molecule has 0 amide bonds. The first-order valence-corrected chi connectivity index (χ1v) is 5.69. The second-order valence-electron chi connectivity index (χ2n) is 4.06. The van der Waals surface area contributed by atoms with E-state index in [1.165, 1.54) is 12.8 Å². The van der Waals surface area contributed by atoms with Gasteiger partial charge in [-0.1, -0.05) is 0 Å². The molecule has 0 aromatic carbocycles. The van der Waals surface area contributed by atoms with Crippen LogP contribution in [0.5, 0.6) is 0 Å². The molecule has 0 saturated heterocycles. The van der Waals surface area contributed by atoms with E-state index < -0.39 is 0 Å². The molecule has 1 aromatic heterocycles. The molecule has 0 aliphatic heterocycles. The minimum Gasteiger partial charge on any atom is -0.464 e. The van der Waals surface area contributed by atoms with Crippen LogP contribution in [0.4, 0.5) is 0 Å². The molecule has 2 rings (SSSR count). The third-order valence-corrected chi connectivity index (χ3v) is 2.68. The molecule has 15 heavy (non-hydrogen) atoms. The van der Waals surface area contributed by atoms with Gasteiger partial charge in [-0.3, -0.25) is 0 Å². The molecule has 1 aliphatic carbocycles. The van der Waals surface area contributed by atoms with Gasteiger partial charge in [0.1, 0.15) is 11.5 Å². The molecular weight excluding hydrogens is 208 g/mol. The van der Waals surface area contributed by atoms with Gasteiger partial charge in [-0.2, -0.15) is 0 Å². The molecule has 82 valence electrons. The first-order chi connectivity index (χ1) is 7.15. The number of hydrogen-bond donors (Lipinski definition) is 2. The Bertz CT molecular complexity index is 357. The topological polar surface area (TPSA) is 37.2 Å². The molecule has 3 nitrogen and oxygen atoms in total. The van der Waals surface area contributed by atoms with Gasteiger partial charge in [-0.15, -0.1) is 0 Å². The molecule has 1 aromatic rings. The highest BCUT2D eigenvalue weighted by Crippen LogP contribution is 2.19. The molecule has 4 heteroatoms. The molecule has 0 spiro atoms. The van der Waals surface area contributed by atoms with Gasteiger partial charge in [0.2, 0.25) is 0 Å². The van der Waals surface area contributed by atoms with Crippen molar-refractivity contribution in [2.75, 3.05) is 0 Å². The quantitative estimate of drug-likeness (QED) is 0.772. The summed E-state index contributed by atoms with van der Waals surface area (Å²) in [6, 6.07) is 4.66. The van der Waals surface area contributed by atoms with Crippen molar-refractivity contribution in [2.24, 2.45) is 0 Å². The number of rotatable bonds is 3. The maximum Gasteiger partial charge on any atom is 0.167 e. The van der Waals surface area contributed by atoms with Crippen LogP contribution in [0.3, 0.4) is 0 Å². The molecule has 1 aliphatic rings. The van der Waals surface area contributed by atoms with Crippen LogP contribution in [0.25, 0.3) is 0 Å². The monoisotopic (exact) mass is 224 g/mol. The Morgan fingerprint density at radius 2 is 2.27 bits per heavy atom. The Morgan fingerprint density at radius 1 is 1.53 bits per heavy atom. The summed E-state index contributed by atoms with van der Waals surface area (Å²) in [6.07, 6.45) is 2.46.